The smallest absolute Gasteiger partial charge is 0.164 e. The summed E-state index contributed by atoms with van der Waals surface area (Å²) in [4.78, 5) is 10.7. The molecular weight excluding hydrogens is 118 g/mol. The molecule has 0 saturated carbocycles. The van der Waals surface area contributed by atoms with Gasteiger partial charge >= 0.3 is 0 Å². The number of rotatable bonds is 4. The molecule has 0 aromatic heterocycles. The Hall–Kier alpha value is -0.450. The van der Waals surface area contributed by atoms with Gasteiger partial charge in [-0.1, -0.05) is 0 Å². The van der Waals surface area contributed by atoms with Crippen LogP contribution in [0, 0.1) is 0 Å². The first-order chi connectivity index (χ1) is 4.22. The second-order valence-electron chi connectivity index (χ2n) is 1.84. The largest absolute Gasteiger partial charge is 0.328 e. The molecule has 0 aromatic rings. The molecule has 0 rings (SSSR count). The predicted octanol–water partition coefficient (Wildman–Crippen LogP) is -1.94. The molecule has 0 heterocycles. The van der Waals surface area contributed by atoms with Crippen molar-refractivity contribution in [3.05, 3.63) is 0 Å². The molecule has 0 aliphatic rings. The molecular formula is C5H13N3O. The summed E-state index contributed by atoms with van der Waals surface area (Å²) in [5.41, 5.74) is 10.4. The maximum atomic E-state index is 10.7. The van der Waals surface area contributed by atoms with Crippen molar-refractivity contribution in [1.82, 2.24) is 5.32 Å². The second kappa shape index (κ2) is 4.43. The molecule has 0 amide bonds. The fourth-order valence-electron chi connectivity index (χ4n) is 0.437. The van der Waals surface area contributed by atoms with Crippen molar-refractivity contribution in [2.75, 3.05) is 20.1 Å². The number of nitrogens with two attached hydrogens (primary N) is 2. The van der Waals surface area contributed by atoms with E-state index in [0.717, 1.165) is 0 Å². The van der Waals surface area contributed by atoms with Gasteiger partial charge in [-0.25, -0.2) is 0 Å². The van der Waals surface area contributed by atoms with E-state index < -0.39 is 6.04 Å². The first kappa shape index (κ1) is 8.55. The number of carbonyl (C=O) groups excluding carboxylic acids is 1. The highest BCUT2D eigenvalue weighted by Crippen LogP contribution is 1.74. The van der Waals surface area contributed by atoms with Crippen LogP contribution in [0.1, 0.15) is 0 Å². The van der Waals surface area contributed by atoms with Crippen LogP contribution < -0.4 is 16.8 Å². The van der Waals surface area contributed by atoms with E-state index in [-0.39, 0.29) is 12.3 Å². The summed E-state index contributed by atoms with van der Waals surface area (Å²) in [6, 6.07) is -0.502. The summed E-state index contributed by atoms with van der Waals surface area (Å²) in [7, 11) is 1.70. The van der Waals surface area contributed by atoms with Gasteiger partial charge in [-0.2, -0.15) is 0 Å². The minimum absolute atomic E-state index is 0.0417. The Morgan fingerprint density at radius 3 is 2.67 bits per heavy atom. The fourth-order valence-corrected chi connectivity index (χ4v) is 0.437. The first-order valence-corrected chi connectivity index (χ1v) is 2.85. The molecule has 0 aliphatic carbocycles. The first-order valence-electron chi connectivity index (χ1n) is 2.85. The normalized spacial score (nSPS) is 13.2. The van der Waals surface area contributed by atoms with Gasteiger partial charge in [0.2, 0.25) is 0 Å². The van der Waals surface area contributed by atoms with Gasteiger partial charge in [0.25, 0.3) is 0 Å². The molecule has 5 N–H and O–H groups in total. The van der Waals surface area contributed by atoms with Crippen LogP contribution in [0.3, 0.4) is 0 Å². The maximum absolute atomic E-state index is 10.7. The average molecular weight is 131 g/mol. The third-order valence-electron chi connectivity index (χ3n) is 1.02. The zero-order valence-corrected chi connectivity index (χ0v) is 5.55. The van der Waals surface area contributed by atoms with E-state index in [9.17, 15) is 4.79 Å². The van der Waals surface area contributed by atoms with Crippen LogP contribution in [0.25, 0.3) is 0 Å². The lowest BCUT2D eigenvalue weighted by molar-refractivity contribution is -0.119. The van der Waals surface area contributed by atoms with E-state index >= 15 is 0 Å². The molecule has 0 bridgehead atoms. The summed E-state index contributed by atoms with van der Waals surface area (Å²) in [5, 5.41) is 2.70. The summed E-state index contributed by atoms with van der Waals surface area (Å²) >= 11 is 0. The molecule has 0 spiro atoms. The zero-order chi connectivity index (χ0) is 7.28. The quantitative estimate of drug-likeness (QED) is 0.414. The third kappa shape index (κ3) is 3.18. The zero-order valence-electron chi connectivity index (χ0n) is 5.55. The van der Waals surface area contributed by atoms with Crippen LogP contribution in [0.5, 0.6) is 0 Å². The molecule has 54 valence electrons. The molecule has 4 nitrogen and oxygen atoms in total. The van der Waals surface area contributed by atoms with Gasteiger partial charge < -0.3 is 16.8 Å². The van der Waals surface area contributed by atoms with Gasteiger partial charge in [-0.05, 0) is 7.05 Å². The Morgan fingerprint density at radius 1 is 1.78 bits per heavy atom. The van der Waals surface area contributed by atoms with Crippen LogP contribution in [0.4, 0.5) is 0 Å². The average Bonchev–Trinajstić information content (AvgIpc) is 1.87. The van der Waals surface area contributed by atoms with Crippen molar-refractivity contribution in [2.24, 2.45) is 11.5 Å². The third-order valence-corrected chi connectivity index (χ3v) is 1.02. The number of Topliss-reactive ketones (excluding diaryl/α,β-unsaturated/α-hetero) is 1. The van der Waals surface area contributed by atoms with E-state index in [1.807, 2.05) is 0 Å². The Kier molecular flexibility index (Phi) is 4.21. The van der Waals surface area contributed by atoms with Crippen LogP contribution in [0.15, 0.2) is 0 Å². The Bertz CT molecular complexity index is 94.2. The number of likely N-dealkylation sites (N-methyl/N-ethyl adjacent to an activating group) is 1. The van der Waals surface area contributed by atoms with Gasteiger partial charge in [0, 0.05) is 6.54 Å². The van der Waals surface area contributed by atoms with Crippen molar-refractivity contribution < 1.29 is 4.79 Å². The maximum Gasteiger partial charge on any atom is 0.164 e. The molecule has 0 fully saturated rings. The fraction of sp³-hybridized carbons (Fsp3) is 0.800. The van der Waals surface area contributed by atoms with Crippen molar-refractivity contribution in [3.63, 3.8) is 0 Å². The van der Waals surface area contributed by atoms with Crippen LogP contribution in [0.2, 0.25) is 0 Å². The van der Waals surface area contributed by atoms with E-state index in [4.69, 9.17) is 11.5 Å². The topological polar surface area (TPSA) is 81.1 Å². The molecule has 1 atom stereocenters. The van der Waals surface area contributed by atoms with E-state index in [1.165, 1.54) is 0 Å². The molecule has 1 unspecified atom stereocenters. The minimum Gasteiger partial charge on any atom is -0.328 e. The highest BCUT2D eigenvalue weighted by molar-refractivity contribution is 5.85. The van der Waals surface area contributed by atoms with Crippen molar-refractivity contribution in [1.29, 1.82) is 0 Å². The lowest BCUT2D eigenvalue weighted by Gasteiger charge is -2.04. The molecule has 0 aliphatic heterocycles. The molecule has 0 saturated heterocycles. The predicted molar refractivity (Wildman–Crippen MR) is 36.0 cm³/mol. The highest BCUT2D eigenvalue weighted by Gasteiger charge is 2.08. The molecule has 4 heteroatoms. The number of carbonyl (C=O) groups is 1. The standard InChI is InChI=1S/C5H13N3O/c1-8-3-5(9)4(7)2-6/h4,8H,2-3,6-7H2,1H3. The monoisotopic (exact) mass is 131 g/mol. The molecule has 9 heavy (non-hydrogen) atoms. The molecule has 0 aromatic carbocycles. The van der Waals surface area contributed by atoms with Gasteiger partial charge in [0.1, 0.15) is 0 Å². The SMILES string of the molecule is CNCC(=O)C(N)CN. The number of hydrogen-bond acceptors (Lipinski definition) is 4. The Morgan fingerprint density at radius 2 is 2.33 bits per heavy atom. The highest BCUT2D eigenvalue weighted by atomic mass is 16.1. The summed E-state index contributed by atoms with van der Waals surface area (Å²) < 4.78 is 0. The second-order valence-corrected chi connectivity index (χ2v) is 1.84. The minimum atomic E-state index is -0.502. The van der Waals surface area contributed by atoms with Crippen molar-refractivity contribution >= 4 is 5.78 Å². The van der Waals surface area contributed by atoms with Gasteiger partial charge in [0.15, 0.2) is 5.78 Å². The summed E-state index contributed by atoms with van der Waals surface area (Å²) in [6.45, 7) is 0.527. The van der Waals surface area contributed by atoms with E-state index in [2.05, 4.69) is 5.32 Å². The number of nitrogens with one attached hydrogen (secondary N) is 1. The summed E-state index contributed by atoms with van der Waals surface area (Å²) in [6.07, 6.45) is 0. The van der Waals surface area contributed by atoms with E-state index in [1.54, 1.807) is 7.05 Å². The lowest BCUT2D eigenvalue weighted by Crippen LogP contribution is -2.41. The van der Waals surface area contributed by atoms with Crippen molar-refractivity contribution in [2.45, 2.75) is 6.04 Å². The number of hydrogen-bond donors (Lipinski definition) is 3. The molecule has 0 radical (unpaired) electrons. The van der Waals surface area contributed by atoms with Gasteiger partial charge in [-0.15, -0.1) is 0 Å². The Labute approximate surface area is 54.6 Å². The Balaban J connectivity index is 3.46. The van der Waals surface area contributed by atoms with Crippen LogP contribution >= 0.6 is 0 Å². The van der Waals surface area contributed by atoms with E-state index in [0.29, 0.717) is 6.54 Å². The van der Waals surface area contributed by atoms with Crippen LogP contribution in [-0.2, 0) is 4.79 Å². The summed E-state index contributed by atoms with van der Waals surface area (Å²) in [5.74, 6) is -0.0417. The van der Waals surface area contributed by atoms with Crippen molar-refractivity contribution in [3.8, 4) is 0 Å². The lowest BCUT2D eigenvalue weighted by atomic mass is 10.2. The van der Waals surface area contributed by atoms with Gasteiger partial charge in [-0.3, -0.25) is 4.79 Å². The number of ketones is 1. The van der Waals surface area contributed by atoms with Gasteiger partial charge in [0.05, 0.1) is 12.6 Å². The van der Waals surface area contributed by atoms with Crippen LogP contribution in [-0.4, -0.2) is 32.0 Å².